The summed E-state index contributed by atoms with van der Waals surface area (Å²) in [4.78, 5) is 17.8. The minimum Gasteiger partial charge on any atom is -0.348 e. The molecule has 3 rings (SSSR count). The lowest BCUT2D eigenvalue weighted by atomic mass is 10.2. The predicted octanol–water partition coefficient (Wildman–Crippen LogP) is 1.92. The maximum atomic E-state index is 12.9. The summed E-state index contributed by atoms with van der Waals surface area (Å²) in [5.41, 5.74) is 1.75. The quantitative estimate of drug-likeness (QED) is 0.633. The maximum Gasteiger partial charge on any atom is 0.401 e. The van der Waals surface area contributed by atoms with Crippen molar-refractivity contribution in [3.8, 4) is 0 Å². The molecule has 8 nitrogen and oxygen atoms in total. The largest absolute Gasteiger partial charge is 0.401 e. The molecule has 0 atom stereocenters. The molecule has 184 valence electrons. The zero-order chi connectivity index (χ0) is 24.9. The Labute approximate surface area is 196 Å². The van der Waals surface area contributed by atoms with Gasteiger partial charge in [-0.1, -0.05) is 18.7 Å². The zero-order valence-corrected chi connectivity index (χ0v) is 19.4. The normalized spacial score (nSPS) is 16.4. The Morgan fingerprint density at radius 1 is 1.12 bits per heavy atom. The molecule has 1 fully saturated rings. The van der Waals surface area contributed by atoms with Crippen LogP contribution in [0.3, 0.4) is 0 Å². The first-order valence-electron chi connectivity index (χ1n) is 10.5. The van der Waals surface area contributed by atoms with Crippen molar-refractivity contribution >= 4 is 22.1 Å². The number of halogens is 3. The first-order valence-corrected chi connectivity index (χ1v) is 11.9. The SMILES string of the molecule is C=Cn1cc(C(=O)NCc2ccc(S(=O)(=O)N3CCN(CC(F)(F)F)CC3)cc2)ccc1=NC. The molecule has 2 aromatic rings. The summed E-state index contributed by atoms with van der Waals surface area (Å²) in [5, 5.41) is 2.77. The van der Waals surface area contributed by atoms with Crippen LogP contribution in [0.15, 0.2) is 59.1 Å². The predicted molar refractivity (Wildman–Crippen MR) is 121 cm³/mol. The molecular formula is C22H26F3N5O3S. The lowest BCUT2D eigenvalue weighted by Crippen LogP contribution is -2.50. The molecule has 1 N–H and O–H groups in total. The number of carbonyl (C=O) groups excluding carboxylic acids is 1. The van der Waals surface area contributed by atoms with Gasteiger partial charge < -0.3 is 9.88 Å². The summed E-state index contributed by atoms with van der Waals surface area (Å²) < 4.78 is 66.1. The van der Waals surface area contributed by atoms with Crippen molar-refractivity contribution in [1.29, 1.82) is 0 Å². The molecule has 1 saturated heterocycles. The van der Waals surface area contributed by atoms with Crippen LogP contribution in [0.25, 0.3) is 6.20 Å². The Bertz CT molecular complexity index is 1200. The average Bonchev–Trinajstić information content (AvgIpc) is 2.81. The van der Waals surface area contributed by atoms with E-state index in [1.54, 1.807) is 42.1 Å². The second-order valence-electron chi connectivity index (χ2n) is 7.71. The molecule has 12 heteroatoms. The van der Waals surface area contributed by atoms with Crippen LogP contribution in [-0.2, 0) is 16.6 Å². The summed E-state index contributed by atoms with van der Waals surface area (Å²) in [6.45, 7) is 2.83. The van der Waals surface area contributed by atoms with Crippen LogP contribution in [0, 0.1) is 0 Å². The fourth-order valence-electron chi connectivity index (χ4n) is 3.57. The smallest absolute Gasteiger partial charge is 0.348 e. The number of rotatable bonds is 7. The monoisotopic (exact) mass is 497 g/mol. The van der Waals surface area contributed by atoms with Crippen molar-refractivity contribution in [2.45, 2.75) is 17.6 Å². The van der Waals surface area contributed by atoms with Gasteiger partial charge in [0.1, 0.15) is 5.49 Å². The lowest BCUT2D eigenvalue weighted by Gasteiger charge is -2.34. The van der Waals surface area contributed by atoms with Crippen LogP contribution in [0.4, 0.5) is 13.2 Å². The van der Waals surface area contributed by atoms with E-state index in [2.05, 4.69) is 16.9 Å². The standard InChI is InChI=1S/C22H26F3N5O3S/c1-3-29-15-18(6-9-20(29)26-2)21(31)27-14-17-4-7-19(8-5-17)34(32,33)30-12-10-28(11-13-30)16-22(23,24)25/h3-9,15H,1,10-14,16H2,2H3,(H,27,31). The van der Waals surface area contributed by atoms with Gasteiger partial charge in [-0.15, -0.1) is 0 Å². The van der Waals surface area contributed by atoms with Gasteiger partial charge in [0.25, 0.3) is 5.91 Å². The van der Waals surface area contributed by atoms with Gasteiger partial charge in [-0.05, 0) is 29.8 Å². The average molecular weight is 498 g/mol. The van der Waals surface area contributed by atoms with Crippen LogP contribution in [0.1, 0.15) is 15.9 Å². The summed E-state index contributed by atoms with van der Waals surface area (Å²) >= 11 is 0. The number of carbonyl (C=O) groups is 1. The Morgan fingerprint density at radius 3 is 2.32 bits per heavy atom. The van der Waals surface area contributed by atoms with E-state index in [0.29, 0.717) is 16.6 Å². The highest BCUT2D eigenvalue weighted by atomic mass is 32.2. The van der Waals surface area contributed by atoms with Gasteiger partial charge in [-0.2, -0.15) is 17.5 Å². The van der Waals surface area contributed by atoms with E-state index in [1.807, 2.05) is 0 Å². The van der Waals surface area contributed by atoms with E-state index in [9.17, 15) is 26.4 Å². The summed E-state index contributed by atoms with van der Waals surface area (Å²) in [6.07, 6.45) is -1.17. The van der Waals surface area contributed by atoms with Crippen molar-refractivity contribution in [2.24, 2.45) is 4.99 Å². The van der Waals surface area contributed by atoms with E-state index in [4.69, 9.17) is 0 Å². The Kier molecular flexibility index (Phi) is 7.95. The molecule has 0 unspecified atom stereocenters. The Balaban J connectivity index is 1.59. The number of hydrogen-bond acceptors (Lipinski definition) is 5. The number of sulfonamides is 1. The summed E-state index contributed by atoms with van der Waals surface area (Å²) in [5.74, 6) is -0.313. The number of alkyl halides is 3. The molecule has 34 heavy (non-hydrogen) atoms. The molecule has 0 spiro atoms. The molecular weight excluding hydrogens is 471 g/mol. The fourth-order valence-corrected chi connectivity index (χ4v) is 5.00. The number of amides is 1. The van der Waals surface area contributed by atoms with Gasteiger partial charge in [0, 0.05) is 52.2 Å². The number of pyridine rings is 1. The molecule has 2 heterocycles. The highest BCUT2D eigenvalue weighted by molar-refractivity contribution is 7.89. The molecule has 1 amide bonds. The van der Waals surface area contributed by atoms with Crippen molar-refractivity contribution in [3.63, 3.8) is 0 Å². The zero-order valence-electron chi connectivity index (χ0n) is 18.6. The molecule has 1 aromatic heterocycles. The van der Waals surface area contributed by atoms with E-state index < -0.39 is 22.7 Å². The highest BCUT2D eigenvalue weighted by Crippen LogP contribution is 2.21. The molecule has 1 aliphatic rings. The van der Waals surface area contributed by atoms with Crippen molar-refractivity contribution in [1.82, 2.24) is 19.1 Å². The van der Waals surface area contributed by atoms with Crippen molar-refractivity contribution in [2.75, 3.05) is 39.8 Å². The van der Waals surface area contributed by atoms with Crippen LogP contribution in [0.5, 0.6) is 0 Å². The van der Waals surface area contributed by atoms with Crippen LogP contribution in [0.2, 0.25) is 0 Å². The van der Waals surface area contributed by atoms with Gasteiger partial charge in [0.2, 0.25) is 10.0 Å². The lowest BCUT2D eigenvalue weighted by molar-refractivity contribution is -0.148. The van der Waals surface area contributed by atoms with Gasteiger partial charge in [0.05, 0.1) is 17.0 Å². The van der Waals surface area contributed by atoms with E-state index in [0.717, 1.165) is 0 Å². The Hall–Kier alpha value is -2.96. The molecule has 0 radical (unpaired) electrons. The topological polar surface area (TPSA) is 87.0 Å². The second-order valence-corrected chi connectivity index (χ2v) is 9.65. The minimum absolute atomic E-state index is 0.00890. The summed E-state index contributed by atoms with van der Waals surface area (Å²) in [6, 6.07) is 9.39. The van der Waals surface area contributed by atoms with Crippen molar-refractivity contribution < 1.29 is 26.4 Å². The number of nitrogens with one attached hydrogen (secondary N) is 1. The van der Waals surface area contributed by atoms with E-state index in [1.165, 1.54) is 27.5 Å². The highest BCUT2D eigenvalue weighted by Gasteiger charge is 2.34. The number of aromatic nitrogens is 1. The van der Waals surface area contributed by atoms with Crippen LogP contribution in [-0.4, -0.2) is 74.0 Å². The number of benzene rings is 1. The van der Waals surface area contributed by atoms with Crippen molar-refractivity contribution in [3.05, 3.63) is 65.8 Å². The van der Waals surface area contributed by atoms with Gasteiger partial charge >= 0.3 is 6.18 Å². The molecule has 0 bridgehead atoms. The number of piperazine rings is 1. The third-order valence-electron chi connectivity index (χ3n) is 5.39. The van der Waals surface area contributed by atoms with Gasteiger partial charge in [0.15, 0.2) is 0 Å². The van der Waals surface area contributed by atoms with Gasteiger partial charge in [-0.25, -0.2) is 8.42 Å². The van der Waals surface area contributed by atoms with Gasteiger partial charge in [-0.3, -0.25) is 14.7 Å². The van der Waals surface area contributed by atoms with Crippen LogP contribution < -0.4 is 10.8 Å². The molecule has 1 aromatic carbocycles. The number of hydrogen-bond donors (Lipinski definition) is 1. The van der Waals surface area contributed by atoms with Crippen LogP contribution >= 0.6 is 0 Å². The molecule has 0 aliphatic carbocycles. The fraction of sp³-hybridized carbons (Fsp3) is 0.364. The Morgan fingerprint density at radius 2 is 1.76 bits per heavy atom. The third kappa shape index (κ3) is 6.33. The molecule has 0 saturated carbocycles. The summed E-state index contributed by atoms with van der Waals surface area (Å²) in [7, 11) is -2.19. The first kappa shape index (κ1) is 25.7. The second kappa shape index (κ2) is 10.5. The van der Waals surface area contributed by atoms with E-state index in [-0.39, 0.29) is 43.5 Å². The first-order chi connectivity index (χ1) is 16.0. The minimum atomic E-state index is -4.31. The molecule has 1 aliphatic heterocycles. The third-order valence-corrected chi connectivity index (χ3v) is 7.30. The van der Waals surface area contributed by atoms with E-state index >= 15 is 0 Å². The number of nitrogens with zero attached hydrogens (tertiary/aromatic N) is 4. The maximum absolute atomic E-state index is 12.9.